The predicted octanol–water partition coefficient (Wildman–Crippen LogP) is -6.96. The van der Waals surface area contributed by atoms with Gasteiger partial charge in [-0.05, 0) is 11.3 Å². The van der Waals surface area contributed by atoms with E-state index in [1.54, 1.807) is 0 Å². The zero-order valence-electron chi connectivity index (χ0n) is 8.22. The van der Waals surface area contributed by atoms with Crippen molar-refractivity contribution in [2.24, 2.45) is 0 Å². The van der Waals surface area contributed by atoms with Crippen LogP contribution in [0.15, 0.2) is 18.2 Å². The van der Waals surface area contributed by atoms with Gasteiger partial charge in [-0.2, -0.15) is 0 Å². The molecule has 0 aliphatic carbocycles. The Morgan fingerprint density at radius 2 is 1.80 bits per heavy atom. The molecule has 0 heterocycles. The molecule has 8 heteroatoms. The van der Waals surface area contributed by atoms with Gasteiger partial charge in [0, 0.05) is 6.07 Å². The summed E-state index contributed by atoms with van der Waals surface area (Å²) in [5, 5.41) is 31.4. The van der Waals surface area contributed by atoms with Crippen molar-refractivity contribution >= 4 is 11.7 Å². The molecule has 0 aliphatic rings. The zero-order valence-corrected chi connectivity index (χ0v) is 12.2. The third-order valence-corrected chi connectivity index (χ3v) is 1.41. The molecule has 0 aromatic heterocycles. The van der Waals surface area contributed by atoms with Crippen LogP contribution in [0.3, 0.4) is 0 Å². The van der Waals surface area contributed by atoms with E-state index in [1.807, 2.05) is 0 Å². The second-order valence-electron chi connectivity index (χ2n) is 2.20. The summed E-state index contributed by atoms with van der Waals surface area (Å²) in [6.07, 6.45) is 0. The Labute approximate surface area is 129 Å². The predicted molar refractivity (Wildman–Crippen MR) is 36.9 cm³/mol. The van der Waals surface area contributed by atoms with Crippen LogP contribution in [-0.4, -0.2) is 10.9 Å². The Hall–Kier alpha value is -0.110. The van der Waals surface area contributed by atoms with Gasteiger partial charge >= 0.3 is 59.1 Å². The number of nitro benzene ring substituents is 1. The van der Waals surface area contributed by atoms with Crippen LogP contribution >= 0.6 is 0 Å². The van der Waals surface area contributed by atoms with Crippen LogP contribution in [0.1, 0.15) is 10.4 Å². The number of benzene rings is 1. The maximum absolute atomic E-state index is 11.0. The quantitative estimate of drug-likeness (QED) is 0.283. The van der Waals surface area contributed by atoms with E-state index < -0.39 is 27.9 Å². The summed E-state index contributed by atoms with van der Waals surface area (Å²) in [6.45, 7) is 0. The molecule has 0 fully saturated rings. The molecule has 0 saturated heterocycles. The summed E-state index contributed by atoms with van der Waals surface area (Å²) in [5.74, 6) is -2.85. The molecule has 1 aromatic rings. The number of hydrogen-bond donors (Lipinski definition) is 0. The molecule has 0 bridgehead atoms. The fourth-order valence-corrected chi connectivity index (χ4v) is 0.829. The molecule has 0 amide bonds. The molecule has 6 nitrogen and oxygen atoms in total. The summed E-state index contributed by atoms with van der Waals surface area (Å²) in [6, 6.07) is 3.02. The van der Waals surface area contributed by atoms with Crippen LogP contribution in [0.25, 0.3) is 0 Å². The molecule has 0 unspecified atom stereocenters. The van der Waals surface area contributed by atoms with Crippen LogP contribution < -0.4 is 69.3 Å². The number of para-hydroxylation sites is 1. The first kappa shape index (κ1) is 17.3. The number of aromatic carboxylic acids is 1. The van der Waals surface area contributed by atoms with Gasteiger partial charge in [-0.15, -0.1) is 0 Å². The number of rotatable bonds is 2. The van der Waals surface area contributed by atoms with E-state index in [0.29, 0.717) is 0 Å². The molecule has 0 N–H and O–H groups in total. The van der Waals surface area contributed by atoms with Crippen molar-refractivity contribution in [2.75, 3.05) is 0 Å². The number of nitro groups is 1. The fraction of sp³-hybridized carbons (Fsp3) is 0. The normalized spacial score (nSPS) is 8.27. The van der Waals surface area contributed by atoms with E-state index >= 15 is 0 Å². The maximum atomic E-state index is 11.0. The molecule has 1 rings (SSSR count). The van der Waals surface area contributed by atoms with Crippen LogP contribution in [0, 0.1) is 10.1 Å². The van der Waals surface area contributed by atoms with E-state index in [0.717, 1.165) is 18.2 Å². The third-order valence-electron chi connectivity index (χ3n) is 1.41. The standard InChI is InChI=1S/C7H5NO5.2Na/c9-6-4(7(10)11)2-1-3-5(6)8(12)13;;/h1-3,9H,(H,10,11);;/q;2*+1/p-2. The minimum atomic E-state index is -1.71. The summed E-state index contributed by atoms with van der Waals surface area (Å²) in [4.78, 5) is 19.5. The molecule has 15 heavy (non-hydrogen) atoms. The first-order valence-electron chi connectivity index (χ1n) is 3.20. The molecule has 0 saturated carbocycles. The summed E-state index contributed by atoms with van der Waals surface area (Å²) in [5.41, 5.74) is -1.46. The van der Waals surface area contributed by atoms with Crippen molar-refractivity contribution in [1.29, 1.82) is 0 Å². The van der Waals surface area contributed by atoms with Gasteiger partial charge in [0.05, 0.1) is 10.9 Å². The van der Waals surface area contributed by atoms with Gasteiger partial charge in [0.25, 0.3) is 5.69 Å². The third kappa shape index (κ3) is 4.10. The van der Waals surface area contributed by atoms with Crippen LogP contribution in [-0.2, 0) is 0 Å². The van der Waals surface area contributed by atoms with Crippen molar-refractivity contribution in [3.05, 3.63) is 33.9 Å². The number of carboxylic acids is 1. The second kappa shape index (κ2) is 7.21. The van der Waals surface area contributed by atoms with Gasteiger partial charge < -0.3 is 15.0 Å². The minimum Gasteiger partial charge on any atom is -0.867 e. The van der Waals surface area contributed by atoms with Gasteiger partial charge in [-0.1, -0.05) is 12.1 Å². The van der Waals surface area contributed by atoms with Gasteiger partial charge in [-0.25, -0.2) is 0 Å². The van der Waals surface area contributed by atoms with Crippen molar-refractivity contribution in [3.8, 4) is 5.75 Å². The van der Waals surface area contributed by atoms with Gasteiger partial charge in [0.1, 0.15) is 0 Å². The van der Waals surface area contributed by atoms with Gasteiger partial charge in [0.2, 0.25) is 0 Å². The van der Waals surface area contributed by atoms with E-state index in [9.17, 15) is 25.1 Å². The molecule has 1 aromatic carbocycles. The molecule has 0 aliphatic heterocycles. The maximum Gasteiger partial charge on any atom is 1.00 e. The molecular weight excluding hydrogens is 224 g/mol. The Balaban J connectivity index is 0. The smallest absolute Gasteiger partial charge is 0.867 e. The number of carbonyl (C=O) groups excluding carboxylic acids is 1. The minimum absolute atomic E-state index is 0. The number of carbonyl (C=O) groups is 1. The van der Waals surface area contributed by atoms with Crippen molar-refractivity contribution in [2.45, 2.75) is 0 Å². The SMILES string of the molecule is O=C([O-])c1cccc([N+](=O)[O-])c1[O-].[Na+].[Na+]. The van der Waals surface area contributed by atoms with Crippen molar-refractivity contribution < 1.29 is 79.0 Å². The average molecular weight is 227 g/mol. The molecule has 0 spiro atoms. The first-order valence-corrected chi connectivity index (χ1v) is 3.20. The molecule has 0 radical (unpaired) electrons. The second-order valence-corrected chi connectivity index (χ2v) is 2.20. The Kier molecular flexibility index (Phi) is 8.31. The fourth-order valence-electron chi connectivity index (χ4n) is 0.829. The number of nitrogens with zero attached hydrogens (tertiary/aromatic N) is 1. The van der Waals surface area contributed by atoms with Crippen molar-refractivity contribution in [1.82, 2.24) is 0 Å². The van der Waals surface area contributed by atoms with Crippen LogP contribution in [0.4, 0.5) is 5.69 Å². The Bertz CT molecular complexity index is 349. The average Bonchev–Trinajstić information content (AvgIpc) is 2.03. The Morgan fingerprint density at radius 3 is 2.20 bits per heavy atom. The van der Waals surface area contributed by atoms with E-state index in [2.05, 4.69) is 0 Å². The van der Waals surface area contributed by atoms with Crippen molar-refractivity contribution in [3.63, 3.8) is 0 Å². The van der Waals surface area contributed by atoms with Crippen LogP contribution in [0.5, 0.6) is 5.75 Å². The summed E-state index contributed by atoms with van der Waals surface area (Å²) in [7, 11) is 0. The van der Waals surface area contributed by atoms with E-state index in [-0.39, 0.29) is 59.1 Å². The van der Waals surface area contributed by atoms with E-state index in [1.165, 1.54) is 0 Å². The Morgan fingerprint density at radius 1 is 1.27 bits per heavy atom. The van der Waals surface area contributed by atoms with E-state index in [4.69, 9.17) is 0 Å². The zero-order chi connectivity index (χ0) is 10.0. The number of carboxylic acid groups (broad SMARTS) is 1. The van der Waals surface area contributed by atoms with Crippen LogP contribution in [0.2, 0.25) is 0 Å². The topological polar surface area (TPSA) is 106 Å². The molecular formula is C7H3NNa2O5. The van der Waals surface area contributed by atoms with Gasteiger partial charge in [0.15, 0.2) is 0 Å². The van der Waals surface area contributed by atoms with Gasteiger partial charge in [-0.3, -0.25) is 10.1 Å². The largest absolute Gasteiger partial charge is 1.00 e. The first-order chi connectivity index (χ1) is 6.04. The monoisotopic (exact) mass is 227 g/mol. The molecule has 0 atom stereocenters. The molecule has 68 valence electrons. The summed E-state index contributed by atoms with van der Waals surface area (Å²) < 4.78 is 0. The summed E-state index contributed by atoms with van der Waals surface area (Å²) >= 11 is 0. The number of hydrogen-bond acceptors (Lipinski definition) is 5.